The number of thiophene rings is 1. The van der Waals surface area contributed by atoms with Gasteiger partial charge in [-0.05, 0) is 18.4 Å². The van der Waals surface area contributed by atoms with Crippen LogP contribution in [0, 0.1) is 0 Å². The lowest BCUT2D eigenvalue weighted by Gasteiger charge is -2.35. The quantitative estimate of drug-likeness (QED) is 0.875. The van der Waals surface area contributed by atoms with Gasteiger partial charge in [-0.1, -0.05) is 6.07 Å². The molecule has 0 bridgehead atoms. The minimum atomic E-state index is -0.220. The highest BCUT2D eigenvalue weighted by atomic mass is 32.1. The van der Waals surface area contributed by atoms with Crippen LogP contribution in [0.2, 0.25) is 0 Å². The van der Waals surface area contributed by atoms with Crippen LogP contribution in [0.4, 0.5) is 0 Å². The number of piperazine rings is 1. The van der Waals surface area contributed by atoms with Gasteiger partial charge in [0.2, 0.25) is 11.8 Å². The Morgan fingerprint density at radius 3 is 3.00 bits per heavy atom. The van der Waals surface area contributed by atoms with Crippen molar-refractivity contribution in [2.24, 2.45) is 0 Å². The molecule has 0 spiro atoms. The van der Waals surface area contributed by atoms with Crippen LogP contribution in [-0.4, -0.2) is 42.4 Å². The molecule has 0 saturated carbocycles. The molecule has 1 aromatic heterocycles. The molecule has 1 saturated heterocycles. The number of hydrogen-bond donors (Lipinski definition) is 2. The van der Waals surface area contributed by atoms with Gasteiger partial charge in [-0.3, -0.25) is 9.59 Å². The summed E-state index contributed by atoms with van der Waals surface area (Å²) < 4.78 is 0. The van der Waals surface area contributed by atoms with Crippen LogP contribution in [0.15, 0.2) is 17.5 Å². The largest absolute Gasteiger partial charge is 0.348 e. The normalized spacial score (nSPS) is 20.5. The van der Waals surface area contributed by atoms with Crippen LogP contribution in [-0.2, 0) is 9.59 Å². The second-order valence-electron chi connectivity index (χ2n) is 5.11. The van der Waals surface area contributed by atoms with Crippen molar-refractivity contribution in [2.75, 3.05) is 19.6 Å². The zero-order valence-corrected chi connectivity index (χ0v) is 12.7. The monoisotopic (exact) mass is 295 g/mol. The Balaban J connectivity index is 2.03. The highest BCUT2D eigenvalue weighted by molar-refractivity contribution is 7.10. The first-order valence-electron chi connectivity index (χ1n) is 6.88. The van der Waals surface area contributed by atoms with E-state index in [4.69, 9.17) is 0 Å². The highest BCUT2D eigenvalue weighted by Crippen LogP contribution is 2.23. The predicted octanol–water partition coefficient (Wildman–Crippen LogP) is 1.14. The number of amides is 2. The molecule has 0 aliphatic carbocycles. The van der Waals surface area contributed by atoms with E-state index in [9.17, 15) is 9.59 Å². The van der Waals surface area contributed by atoms with Gasteiger partial charge in [0.05, 0.1) is 12.5 Å². The van der Waals surface area contributed by atoms with Gasteiger partial charge in [0.15, 0.2) is 0 Å². The summed E-state index contributed by atoms with van der Waals surface area (Å²) in [5.74, 6) is -0.00397. The molecule has 0 radical (unpaired) electrons. The maximum absolute atomic E-state index is 12.4. The molecule has 2 atom stereocenters. The second-order valence-corrected chi connectivity index (χ2v) is 6.09. The Kier molecular flexibility index (Phi) is 5.14. The Bertz CT molecular complexity index is 461. The lowest BCUT2D eigenvalue weighted by Crippen LogP contribution is -2.52. The molecule has 2 heterocycles. The topological polar surface area (TPSA) is 61.4 Å². The molecule has 2 N–H and O–H groups in total. The summed E-state index contributed by atoms with van der Waals surface area (Å²) in [6.07, 6.45) is 0.324. The van der Waals surface area contributed by atoms with Crippen molar-refractivity contribution in [3.05, 3.63) is 22.4 Å². The average molecular weight is 295 g/mol. The summed E-state index contributed by atoms with van der Waals surface area (Å²) in [7, 11) is 0. The van der Waals surface area contributed by atoms with Gasteiger partial charge in [0.25, 0.3) is 0 Å². The van der Waals surface area contributed by atoms with Gasteiger partial charge >= 0.3 is 0 Å². The number of carbonyl (C=O) groups excluding carboxylic acids is 2. The van der Waals surface area contributed by atoms with E-state index in [1.807, 2.05) is 29.3 Å². The molecule has 1 aliphatic rings. The summed E-state index contributed by atoms with van der Waals surface area (Å²) in [6.45, 7) is 5.92. The first-order chi connectivity index (χ1) is 9.58. The summed E-state index contributed by atoms with van der Waals surface area (Å²) in [6, 6.07) is 3.88. The SMILES string of the molecule is CC(=O)NC(CC(=O)N1CCNC[C@@H]1C)c1cccs1. The van der Waals surface area contributed by atoms with Crippen LogP contribution in [0.1, 0.15) is 31.2 Å². The van der Waals surface area contributed by atoms with Gasteiger partial charge in [-0.15, -0.1) is 11.3 Å². The third-order valence-electron chi connectivity index (χ3n) is 3.46. The maximum atomic E-state index is 12.4. The minimum absolute atomic E-state index is 0.103. The Morgan fingerprint density at radius 1 is 1.60 bits per heavy atom. The number of nitrogens with one attached hydrogen (secondary N) is 2. The predicted molar refractivity (Wildman–Crippen MR) is 79.5 cm³/mol. The van der Waals surface area contributed by atoms with Gasteiger partial charge < -0.3 is 15.5 Å². The van der Waals surface area contributed by atoms with E-state index in [1.54, 1.807) is 11.3 Å². The van der Waals surface area contributed by atoms with Gasteiger partial charge in [-0.2, -0.15) is 0 Å². The lowest BCUT2D eigenvalue weighted by molar-refractivity contribution is -0.134. The van der Waals surface area contributed by atoms with Gasteiger partial charge in [0.1, 0.15) is 0 Å². The van der Waals surface area contributed by atoms with Crippen LogP contribution in [0.25, 0.3) is 0 Å². The Morgan fingerprint density at radius 2 is 2.40 bits per heavy atom. The molecule has 1 unspecified atom stereocenters. The number of rotatable bonds is 4. The van der Waals surface area contributed by atoms with Gasteiger partial charge in [-0.25, -0.2) is 0 Å². The molecule has 1 aliphatic heterocycles. The van der Waals surface area contributed by atoms with E-state index in [2.05, 4.69) is 10.6 Å². The second kappa shape index (κ2) is 6.85. The molecular formula is C14H21N3O2S. The van der Waals surface area contributed by atoms with E-state index in [-0.39, 0.29) is 23.9 Å². The Hall–Kier alpha value is -1.40. The average Bonchev–Trinajstić information content (AvgIpc) is 2.91. The molecule has 1 aromatic rings. The number of carbonyl (C=O) groups is 2. The molecular weight excluding hydrogens is 274 g/mol. The van der Waals surface area contributed by atoms with E-state index in [0.29, 0.717) is 6.42 Å². The number of nitrogens with zero attached hydrogens (tertiary/aromatic N) is 1. The molecule has 2 rings (SSSR count). The van der Waals surface area contributed by atoms with Crippen molar-refractivity contribution in [1.82, 2.24) is 15.5 Å². The van der Waals surface area contributed by atoms with Crippen molar-refractivity contribution in [3.63, 3.8) is 0 Å². The molecule has 5 nitrogen and oxygen atoms in total. The van der Waals surface area contributed by atoms with E-state index >= 15 is 0 Å². The molecule has 0 aromatic carbocycles. The van der Waals surface area contributed by atoms with Crippen molar-refractivity contribution < 1.29 is 9.59 Å². The van der Waals surface area contributed by atoms with E-state index < -0.39 is 0 Å². The molecule has 6 heteroatoms. The van der Waals surface area contributed by atoms with Crippen LogP contribution >= 0.6 is 11.3 Å². The molecule has 110 valence electrons. The van der Waals surface area contributed by atoms with E-state index in [0.717, 1.165) is 24.5 Å². The summed E-state index contributed by atoms with van der Waals surface area (Å²) in [4.78, 5) is 26.7. The van der Waals surface area contributed by atoms with Crippen molar-refractivity contribution >= 4 is 23.2 Å². The van der Waals surface area contributed by atoms with Crippen molar-refractivity contribution in [1.29, 1.82) is 0 Å². The smallest absolute Gasteiger partial charge is 0.225 e. The fraction of sp³-hybridized carbons (Fsp3) is 0.571. The summed E-state index contributed by atoms with van der Waals surface area (Å²) in [5, 5.41) is 8.11. The first kappa shape index (κ1) is 15.0. The fourth-order valence-electron chi connectivity index (χ4n) is 2.46. The zero-order valence-electron chi connectivity index (χ0n) is 11.9. The highest BCUT2D eigenvalue weighted by Gasteiger charge is 2.26. The van der Waals surface area contributed by atoms with Crippen LogP contribution < -0.4 is 10.6 Å². The van der Waals surface area contributed by atoms with Crippen LogP contribution in [0.5, 0.6) is 0 Å². The zero-order chi connectivity index (χ0) is 14.5. The van der Waals surface area contributed by atoms with E-state index in [1.165, 1.54) is 6.92 Å². The van der Waals surface area contributed by atoms with Crippen molar-refractivity contribution in [3.8, 4) is 0 Å². The first-order valence-corrected chi connectivity index (χ1v) is 7.76. The lowest BCUT2D eigenvalue weighted by atomic mass is 10.1. The molecule has 1 fully saturated rings. The number of hydrogen-bond acceptors (Lipinski definition) is 4. The molecule has 20 heavy (non-hydrogen) atoms. The Labute approximate surface area is 123 Å². The van der Waals surface area contributed by atoms with Crippen LogP contribution in [0.3, 0.4) is 0 Å². The maximum Gasteiger partial charge on any atom is 0.225 e. The van der Waals surface area contributed by atoms with Crippen molar-refractivity contribution in [2.45, 2.75) is 32.4 Å². The fourth-order valence-corrected chi connectivity index (χ4v) is 3.24. The summed E-state index contributed by atoms with van der Waals surface area (Å²) >= 11 is 1.56. The van der Waals surface area contributed by atoms with Gasteiger partial charge in [0, 0.05) is 37.5 Å². The summed E-state index contributed by atoms with van der Waals surface area (Å²) in [5.41, 5.74) is 0. The third kappa shape index (κ3) is 3.80. The minimum Gasteiger partial charge on any atom is -0.348 e. The third-order valence-corrected chi connectivity index (χ3v) is 4.45. The standard InChI is InChI=1S/C14H21N3O2S/c1-10-9-15-5-6-17(10)14(19)8-12(16-11(2)18)13-4-3-7-20-13/h3-4,7,10,12,15H,5-6,8-9H2,1-2H3,(H,16,18)/t10-,12?/m0/s1. The molecule has 2 amide bonds.